The lowest BCUT2D eigenvalue weighted by Gasteiger charge is -2.21. The topological polar surface area (TPSA) is 17.0 Å². The van der Waals surface area contributed by atoms with E-state index < -0.39 is 0 Å². The molecule has 0 saturated heterocycles. The van der Waals surface area contributed by atoms with E-state index in [-0.39, 0.29) is 0 Å². The fourth-order valence-electron chi connectivity index (χ4n) is 5.95. The first kappa shape index (κ1) is 21.2. The first-order valence-electron chi connectivity index (χ1n) is 12.6. The number of hydrogen-bond acceptors (Lipinski definition) is 1. The third kappa shape index (κ3) is 3.44. The van der Waals surface area contributed by atoms with Crippen molar-refractivity contribution in [3.05, 3.63) is 89.6 Å². The smallest absolute Gasteiger partial charge is 0.212 e. The van der Waals surface area contributed by atoms with Crippen LogP contribution in [0.25, 0.3) is 44.3 Å². The van der Waals surface area contributed by atoms with Gasteiger partial charge in [-0.2, -0.15) is 0 Å². The highest BCUT2D eigenvalue weighted by Gasteiger charge is 2.23. The van der Waals surface area contributed by atoms with Crippen molar-refractivity contribution < 1.29 is 8.98 Å². The number of aromatic nitrogens is 1. The molecule has 2 heterocycles. The van der Waals surface area contributed by atoms with Crippen molar-refractivity contribution in [3.63, 3.8) is 0 Å². The van der Waals surface area contributed by atoms with Crippen molar-refractivity contribution in [3.8, 4) is 22.4 Å². The Morgan fingerprint density at radius 3 is 2.21 bits per heavy atom. The van der Waals surface area contributed by atoms with E-state index in [0.717, 1.165) is 11.2 Å². The van der Waals surface area contributed by atoms with Gasteiger partial charge in [0.25, 0.3) is 0 Å². The fourth-order valence-corrected chi connectivity index (χ4v) is 5.95. The Kier molecular flexibility index (Phi) is 5.25. The van der Waals surface area contributed by atoms with Crippen LogP contribution in [0.5, 0.6) is 0 Å². The average Bonchev–Trinajstić information content (AvgIpc) is 3.25. The molecule has 2 heteroatoms. The van der Waals surface area contributed by atoms with Gasteiger partial charge in [-0.05, 0) is 55.4 Å². The maximum Gasteiger partial charge on any atom is 0.212 e. The summed E-state index contributed by atoms with van der Waals surface area (Å²) in [5, 5.41) is 2.47. The van der Waals surface area contributed by atoms with Crippen LogP contribution >= 0.6 is 0 Å². The second-order valence-corrected chi connectivity index (χ2v) is 10.0. The van der Waals surface area contributed by atoms with E-state index in [0.29, 0.717) is 5.92 Å². The number of rotatable bonds is 3. The lowest BCUT2D eigenvalue weighted by Crippen LogP contribution is -2.31. The highest BCUT2D eigenvalue weighted by Crippen LogP contribution is 2.42. The van der Waals surface area contributed by atoms with Gasteiger partial charge in [-0.1, -0.05) is 73.9 Å². The number of aryl methyl sites for hydroxylation is 3. The van der Waals surface area contributed by atoms with Crippen molar-refractivity contribution in [1.29, 1.82) is 0 Å². The van der Waals surface area contributed by atoms with E-state index in [4.69, 9.17) is 4.42 Å². The molecule has 5 aromatic rings. The van der Waals surface area contributed by atoms with E-state index >= 15 is 0 Å². The van der Waals surface area contributed by atoms with Crippen LogP contribution in [0.4, 0.5) is 0 Å². The molecule has 0 N–H and O–H groups in total. The van der Waals surface area contributed by atoms with E-state index in [1.54, 1.807) is 0 Å². The minimum Gasteiger partial charge on any atom is -0.455 e. The Morgan fingerprint density at radius 2 is 1.41 bits per heavy atom. The molecule has 2 aromatic heterocycles. The maximum absolute atomic E-state index is 6.74. The zero-order valence-corrected chi connectivity index (χ0v) is 20.4. The molecule has 6 rings (SSSR count). The summed E-state index contributed by atoms with van der Waals surface area (Å²) < 4.78 is 8.99. The SMILES string of the molecule is Cc1cc(-c2ccccc2C)[n+](C)cc1-c1cccc2c1oc1c(C3CCCCC3)cccc12. The number of pyridine rings is 1. The van der Waals surface area contributed by atoms with Crippen LogP contribution in [0.2, 0.25) is 0 Å². The molecular weight excluding hydrogens is 414 g/mol. The minimum atomic E-state index is 0.620. The highest BCUT2D eigenvalue weighted by molar-refractivity contribution is 6.10. The summed E-state index contributed by atoms with van der Waals surface area (Å²) in [6.07, 6.45) is 8.84. The summed E-state index contributed by atoms with van der Waals surface area (Å²) in [4.78, 5) is 0. The van der Waals surface area contributed by atoms with Gasteiger partial charge in [0.15, 0.2) is 6.20 Å². The van der Waals surface area contributed by atoms with Crippen LogP contribution < -0.4 is 4.57 Å². The molecule has 0 spiro atoms. The van der Waals surface area contributed by atoms with Crippen LogP contribution in [0, 0.1) is 13.8 Å². The van der Waals surface area contributed by atoms with Gasteiger partial charge in [0.2, 0.25) is 5.69 Å². The predicted molar refractivity (Wildman–Crippen MR) is 141 cm³/mol. The molecule has 2 nitrogen and oxygen atoms in total. The maximum atomic E-state index is 6.74. The lowest BCUT2D eigenvalue weighted by atomic mass is 9.83. The fraction of sp³-hybridized carbons (Fsp3) is 0.281. The molecule has 0 atom stereocenters. The second-order valence-electron chi connectivity index (χ2n) is 10.0. The molecule has 0 unspecified atom stereocenters. The molecule has 0 aliphatic heterocycles. The van der Waals surface area contributed by atoms with E-state index in [1.807, 2.05) is 0 Å². The normalized spacial score (nSPS) is 14.8. The van der Waals surface area contributed by atoms with Crippen molar-refractivity contribution >= 4 is 21.9 Å². The summed E-state index contributed by atoms with van der Waals surface area (Å²) in [5.41, 5.74) is 11.0. The standard InChI is InChI=1S/C32H32NO/c1-21-11-7-8-14-24(21)30-19-22(2)29(20-33(30)3)28-18-10-17-27-26-16-9-15-25(31(26)34-32(27)28)23-12-5-4-6-13-23/h7-11,14-20,23H,4-6,12-13H2,1-3H3/q+1. The van der Waals surface area contributed by atoms with Crippen LogP contribution in [-0.4, -0.2) is 0 Å². The molecule has 1 aliphatic rings. The van der Waals surface area contributed by atoms with Crippen molar-refractivity contribution in [2.45, 2.75) is 51.9 Å². The number of benzene rings is 3. The molecule has 0 bridgehead atoms. The minimum absolute atomic E-state index is 0.620. The van der Waals surface area contributed by atoms with E-state index in [1.165, 1.54) is 82.0 Å². The van der Waals surface area contributed by atoms with Gasteiger partial charge in [-0.25, -0.2) is 4.57 Å². The molecule has 34 heavy (non-hydrogen) atoms. The van der Waals surface area contributed by atoms with Gasteiger partial charge in [0.1, 0.15) is 18.2 Å². The molecule has 0 radical (unpaired) electrons. The highest BCUT2D eigenvalue weighted by atomic mass is 16.3. The molecule has 3 aromatic carbocycles. The monoisotopic (exact) mass is 446 g/mol. The average molecular weight is 447 g/mol. The Bertz CT molecular complexity index is 1520. The summed E-state index contributed by atoms with van der Waals surface area (Å²) in [7, 11) is 2.14. The van der Waals surface area contributed by atoms with E-state index in [9.17, 15) is 0 Å². The summed E-state index contributed by atoms with van der Waals surface area (Å²) in [5.74, 6) is 0.620. The van der Waals surface area contributed by atoms with Gasteiger partial charge >= 0.3 is 0 Å². The Balaban J connectivity index is 1.53. The Morgan fingerprint density at radius 1 is 0.706 bits per heavy atom. The van der Waals surface area contributed by atoms with Gasteiger partial charge in [0, 0.05) is 28.0 Å². The molecule has 0 amide bonds. The summed E-state index contributed by atoms with van der Waals surface area (Å²) in [6.45, 7) is 4.39. The quantitative estimate of drug-likeness (QED) is 0.254. The largest absolute Gasteiger partial charge is 0.455 e. The third-order valence-corrected chi connectivity index (χ3v) is 7.79. The number of nitrogens with zero attached hydrogens (tertiary/aromatic N) is 1. The first-order chi connectivity index (χ1) is 16.6. The van der Waals surface area contributed by atoms with Crippen LogP contribution in [-0.2, 0) is 7.05 Å². The molecule has 1 aliphatic carbocycles. The number of hydrogen-bond donors (Lipinski definition) is 0. The van der Waals surface area contributed by atoms with Crippen molar-refractivity contribution in [2.24, 2.45) is 7.05 Å². The summed E-state index contributed by atoms with van der Waals surface area (Å²) >= 11 is 0. The lowest BCUT2D eigenvalue weighted by molar-refractivity contribution is -0.660. The molecule has 1 saturated carbocycles. The molecule has 1 fully saturated rings. The molecular formula is C32H32NO+. The zero-order chi connectivity index (χ0) is 23.2. The first-order valence-corrected chi connectivity index (χ1v) is 12.6. The van der Waals surface area contributed by atoms with Gasteiger partial charge < -0.3 is 4.42 Å². The number of furan rings is 1. The van der Waals surface area contributed by atoms with Crippen LogP contribution in [0.3, 0.4) is 0 Å². The van der Waals surface area contributed by atoms with Gasteiger partial charge in [0.05, 0.1) is 5.56 Å². The van der Waals surface area contributed by atoms with Gasteiger partial charge in [-0.3, -0.25) is 0 Å². The number of fused-ring (bicyclic) bond motifs is 3. The predicted octanol–water partition coefficient (Wildman–Crippen LogP) is 8.41. The Hall–Kier alpha value is -3.39. The van der Waals surface area contributed by atoms with Gasteiger partial charge in [-0.15, -0.1) is 0 Å². The number of para-hydroxylation sites is 2. The zero-order valence-electron chi connectivity index (χ0n) is 20.4. The van der Waals surface area contributed by atoms with Crippen LogP contribution in [0.1, 0.15) is 54.7 Å². The van der Waals surface area contributed by atoms with Crippen molar-refractivity contribution in [1.82, 2.24) is 0 Å². The van der Waals surface area contributed by atoms with Crippen LogP contribution in [0.15, 0.2) is 77.3 Å². The van der Waals surface area contributed by atoms with E-state index in [2.05, 4.69) is 98.4 Å². The Labute approximate surface area is 201 Å². The van der Waals surface area contributed by atoms with Crippen molar-refractivity contribution in [2.75, 3.05) is 0 Å². The summed E-state index contributed by atoms with van der Waals surface area (Å²) in [6, 6.07) is 24.3. The third-order valence-electron chi connectivity index (χ3n) is 7.79. The molecule has 170 valence electrons. The second kappa shape index (κ2) is 8.43.